The van der Waals surface area contributed by atoms with Crippen LogP contribution in [0.5, 0.6) is 0 Å². The Morgan fingerprint density at radius 3 is 2.93 bits per heavy atom. The van der Waals surface area contributed by atoms with Crippen LogP contribution < -0.4 is 0 Å². The van der Waals surface area contributed by atoms with Crippen LogP contribution in [-0.2, 0) is 9.47 Å². The Bertz CT molecular complexity index is 296. The highest BCUT2D eigenvalue weighted by Crippen LogP contribution is 2.30. The molecule has 1 aliphatic heterocycles. The highest BCUT2D eigenvalue weighted by Gasteiger charge is 2.26. The average Bonchev–Trinajstić information content (AvgIpc) is 2.65. The predicted octanol–water partition coefficient (Wildman–Crippen LogP) is 1.96. The molecule has 1 aromatic rings. The van der Waals surface area contributed by atoms with Gasteiger partial charge in [0.25, 0.3) is 0 Å². The molecule has 1 fully saturated rings. The van der Waals surface area contributed by atoms with Crippen molar-refractivity contribution in [3.63, 3.8) is 0 Å². The van der Waals surface area contributed by atoms with Crippen molar-refractivity contribution in [2.75, 3.05) is 19.8 Å². The van der Waals surface area contributed by atoms with Crippen molar-refractivity contribution in [3.8, 4) is 0 Å². The topological polar surface area (TPSA) is 38.7 Å². The molecule has 2 atom stereocenters. The molecule has 1 aromatic heterocycles. The Kier molecular flexibility index (Phi) is 3.57. The fourth-order valence-corrected chi connectivity index (χ4v) is 2.95. The van der Waals surface area contributed by atoms with Crippen molar-refractivity contribution in [1.82, 2.24) is 0 Å². The number of rotatable bonds is 2. The van der Waals surface area contributed by atoms with Crippen LogP contribution in [0.25, 0.3) is 0 Å². The van der Waals surface area contributed by atoms with Crippen LogP contribution in [0.15, 0.2) is 15.2 Å². The summed E-state index contributed by atoms with van der Waals surface area (Å²) in [4.78, 5) is 0. The van der Waals surface area contributed by atoms with E-state index in [0.29, 0.717) is 19.8 Å². The molecular weight excluding hydrogens is 268 g/mol. The van der Waals surface area contributed by atoms with E-state index in [0.717, 1.165) is 10.0 Å². The third kappa shape index (κ3) is 2.17. The summed E-state index contributed by atoms with van der Waals surface area (Å²) >= 11 is 4.94. The quantitative estimate of drug-likeness (QED) is 0.899. The number of hydrogen-bond donors (Lipinski definition) is 1. The largest absolute Gasteiger partial charge is 0.386 e. The Morgan fingerprint density at radius 1 is 1.50 bits per heavy atom. The second-order valence-corrected chi connectivity index (χ2v) is 4.70. The number of aliphatic hydroxyl groups excluding tert-OH is 1. The van der Waals surface area contributed by atoms with Crippen LogP contribution in [0.2, 0.25) is 0 Å². The third-order valence-electron chi connectivity index (χ3n) is 2.15. The molecule has 5 heteroatoms. The van der Waals surface area contributed by atoms with Gasteiger partial charge in [-0.05, 0) is 21.3 Å². The Balaban J connectivity index is 2.07. The summed E-state index contributed by atoms with van der Waals surface area (Å²) in [5.41, 5.74) is 0.880. The summed E-state index contributed by atoms with van der Waals surface area (Å²) in [5.74, 6) is 0. The van der Waals surface area contributed by atoms with Crippen LogP contribution in [-0.4, -0.2) is 31.0 Å². The standard InChI is InChI=1S/C9H11BrO3S/c10-7-5-14-4-6(7)9(11)8-3-12-1-2-13-8/h4-5,8-9,11H,1-3H2. The molecule has 0 saturated carbocycles. The lowest BCUT2D eigenvalue weighted by molar-refractivity contribution is -0.133. The number of thiophene rings is 1. The van der Waals surface area contributed by atoms with Crippen LogP contribution in [0.4, 0.5) is 0 Å². The molecule has 2 unspecified atom stereocenters. The Labute approximate surface area is 94.8 Å². The van der Waals surface area contributed by atoms with Gasteiger partial charge in [0.2, 0.25) is 0 Å². The minimum absolute atomic E-state index is 0.241. The zero-order valence-electron chi connectivity index (χ0n) is 7.48. The van der Waals surface area contributed by atoms with Gasteiger partial charge in [-0.25, -0.2) is 0 Å². The van der Waals surface area contributed by atoms with Crippen molar-refractivity contribution in [3.05, 3.63) is 20.8 Å². The molecule has 0 aromatic carbocycles. The Morgan fingerprint density at radius 2 is 2.36 bits per heavy atom. The minimum atomic E-state index is -0.601. The second-order valence-electron chi connectivity index (χ2n) is 3.10. The van der Waals surface area contributed by atoms with Crippen LogP contribution in [0.3, 0.4) is 0 Å². The van der Waals surface area contributed by atoms with Crippen molar-refractivity contribution in [2.45, 2.75) is 12.2 Å². The van der Waals surface area contributed by atoms with Gasteiger partial charge in [0, 0.05) is 15.4 Å². The maximum atomic E-state index is 9.99. The summed E-state index contributed by atoms with van der Waals surface area (Å²) < 4.78 is 11.6. The average molecular weight is 279 g/mol. The molecule has 0 amide bonds. The summed E-state index contributed by atoms with van der Waals surface area (Å²) in [6, 6.07) is 0. The summed E-state index contributed by atoms with van der Waals surface area (Å²) in [6.45, 7) is 1.64. The summed E-state index contributed by atoms with van der Waals surface area (Å²) in [6.07, 6.45) is -0.842. The first-order valence-electron chi connectivity index (χ1n) is 4.38. The fraction of sp³-hybridized carbons (Fsp3) is 0.556. The fourth-order valence-electron chi connectivity index (χ4n) is 1.39. The zero-order valence-corrected chi connectivity index (χ0v) is 9.88. The molecule has 1 saturated heterocycles. The molecule has 2 heterocycles. The van der Waals surface area contributed by atoms with Gasteiger partial charge in [-0.2, -0.15) is 11.3 Å². The van der Waals surface area contributed by atoms with Crippen molar-refractivity contribution < 1.29 is 14.6 Å². The van der Waals surface area contributed by atoms with Gasteiger partial charge in [0.15, 0.2) is 0 Å². The molecule has 0 radical (unpaired) electrons. The first-order chi connectivity index (χ1) is 6.79. The lowest BCUT2D eigenvalue weighted by atomic mass is 10.1. The van der Waals surface area contributed by atoms with E-state index in [1.807, 2.05) is 10.8 Å². The van der Waals surface area contributed by atoms with E-state index in [-0.39, 0.29) is 6.10 Å². The molecule has 3 nitrogen and oxygen atoms in total. The van der Waals surface area contributed by atoms with E-state index in [1.165, 1.54) is 0 Å². The van der Waals surface area contributed by atoms with E-state index < -0.39 is 6.10 Å². The van der Waals surface area contributed by atoms with E-state index in [2.05, 4.69) is 15.9 Å². The zero-order chi connectivity index (χ0) is 9.97. The molecular formula is C9H11BrO3S. The smallest absolute Gasteiger partial charge is 0.111 e. The summed E-state index contributed by atoms with van der Waals surface area (Å²) in [7, 11) is 0. The number of aliphatic hydroxyl groups is 1. The molecule has 1 aliphatic rings. The van der Waals surface area contributed by atoms with E-state index in [9.17, 15) is 5.11 Å². The van der Waals surface area contributed by atoms with Gasteiger partial charge < -0.3 is 14.6 Å². The normalized spacial score (nSPS) is 24.9. The highest BCUT2D eigenvalue weighted by molar-refractivity contribution is 9.10. The van der Waals surface area contributed by atoms with Gasteiger partial charge in [0.1, 0.15) is 12.2 Å². The van der Waals surface area contributed by atoms with Gasteiger partial charge in [-0.15, -0.1) is 0 Å². The molecule has 1 N–H and O–H groups in total. The van der Waals surface area contributed by atoms with Crippen LogP contribution >= 0.6 is 27.3 Å². The number of ether oxygens (including phenoxy) is 2. The highest BCUT2D eigenvalue weighted by atomic mass is 79.9. The summed E-state index contributed by atoms with van der Waals surface area (Å²) in [5, 5.41) is 13.9. The molecule has 0 bridgehead atoms. The van der Waals surface area contributed by atoms with E-state index >= 15 is 0 Å². The maximum absolute atomic E-state index is 9.99. The lowest BCUT2D eigenvalue weighted by Gasteiger charge is -2.27. The first kappa shape index (κ1) is 10.6. The monoisotopic (exact) mass is 278 g/mol. The van der Waals surface area contributed by atoms with Crippen molar-refractivity contribution in [2.24, 2.45) is 0 Å². The SMILES string of the molecule is OC(c1cscc1Br)C1COCCO1. The first-order valence-corrected chi connectivity index (χ1v) is 6.11. The number of hydrogen-bond acceptors (Lipinski definition) is 4. The molecule has 0 spiro atoms. The molecule has 2 rings (SSSR count). The maximum Gasteiger partial charge on any atom is 0.111 e. The number of halogens is 1. The molecule has 0 aliphatic carbocycles. The second kappa shape index (κ2) is 4.72. The van der Waals surface area contributed by atoms with Gasteiger partial charge in [0.05, 0.1) is 19.8 Å². The van der Waals surface area contributed by atoms with E-state index in [1.54, 1.807) is 11.3 Å². The lowest BCUT2D eigenvalue weighted by Crippen LogP contribution is -2.33. The molecule has 78 valence electrons. The van der Waals surface area contributed by atoms with Gasteiger partial charge >= 0.3 is 0 Å². The predicted molar refractivity (Wildman–Crippen MR) is 57.5 cm³/mol. The molecule has 14 heavy (non-hydrogen) atoms. The van der Waals surface area contributed by atoms with Crippen LogP contribution in [0, 0.1) is 0 Å². The van der Waals surface area contributed by atoms with Crippen molar-refractivity contribution in [1.29, 1.82) is 0 Å². The van der Waals surface area contributed by atoms with Gasteiger partial charge in [-0.1, -0.05) is 0 Å². The van der Waals surface area contributed by atoms with E-state index in [4.69, 9.17) is 9.47 Å². The van der Waals surface area contributed by atoms with Crippen LogP contribution in [0.1, 0.15) is 11.7 Å². The Hall–Kier alpha value is 0.0600. The van der Waals surface area contributed by atoms with Crippen molar-refractivity contribution >= 4 is 27.3 Å². The minimum Gasteiger partial charge on any atom is -0.386 e. The third-order valence-corrected chi connectivity index (χ3v) is 3.91. The van der Waals surface area contributed by atoms with Gasteiger partial charge in [-0.3, -0.25) is 0 Å².